The second kappa shape index (κ2) is 18.9. The van der Waals surface area contributed by atoms with E-state index in [1.54, 1.807) is 0 Å². The highest BCUT2D eigenvalue weighted by molar-refractivity contribution is 7.87. The van der Waals surface area contributed by atoms with Crippen molar-refractivity contribution in [3.05, 3.63) is 30.3 Å². The van der Waals surface area contributed by atoms with Crippen LogP contribution in [0.2, 0.25) is 0 Å². The van der Waals surface area contributed by atoms with Gasteiger partial charge in [-0.05, 0) is 137 Å². The van der Waals surface area contributed by atoms with Gasteiger partial charge in [0.1, 0.15) is 0 Å². The van der Waals surface area contributed by atoms with E-state index in [1.165, 1.54) is 0 Å². The minimum Gasteiger partial charge on any atom is -0.748 e. The smallest absolute Gasteiger partial charge is 0.0975 e. The summed E-state index contributed by atoms with van der Waals surface area (Å²) in [5.41, 5.74) is 0.792. The molecular formula is C40H65NO12P2S4-4. The minimum atomic E-state index is -4.61. The molecular weight excluding hydrogens is 877 g/mol. The van der Waals surface area contributed by atoms with Gasteiger partial charge in [0.05, 0.1) is 51.0 Å². The van der Waals surface area contributed by atoms with Crippen molar-refractivity contribution >= 4 is 64.6 Å². The standard InChI is InChI=1S/C40H69NO12P2S4/c1-5-35(26-14-18-31(22-26)56(42,43)44)39(54,36(6-2)27-15-19-32(23-27)57(45,46)47)41(30-12-10-9-11-13-30)40(55,37(7-3)28-16-20-33(24-28)58(48,49)50)38(8-4)29-17-21-34(25-29)59(51,52)53/h9-13,26-29,31-38H,5-8,14-25,54-55H2,1-4H3,(H,42,43,44)(H,45,46,47)(H,48,49,50)(H,51,52,53)/p-4. The second-order valence-electron chi connectivity index (χ2n) is 18.3. The molecule has 0 spiro atoms. The second-order valence-corrected chi connectivity index (χ2v) is 26.7. The summed E-state index contributed by atoms with van der Waals surface area (Å²) in [7, 11) is -12.0. The molecule has 4 saturated carbocycles. The SMILES string of the molecule is CCC(C1CCC(S(=O)(=O)[O-])C1)C(P)(C(CC)C1CCC(S(=O)(=O)[O-])C1)N(c1ccccc1)C(P)(C(CC)C1CCC(S(=O)(=O)[O-])C1)C(CC)C1CCC(S(=O)(=O)[O-])C1. The molecule has 0 aromatic heterocycles. The highest BCUT2D eigenvalue weighted by Crippen LogP contribution is 2.64. The van der Waals surface area contributed by atoms with Crippen molar-refractivity contribution in [3.63, 3.8) is 0 Å². The summed E-state index contributed by atoms with van der Waals surface area (Å²) in [4.78, 5) is 2.41. The van der Waals surface area contributed by atoms with Gasteiger partial charge in [0.15, 0.2) is 0 Å². The highest BCUT2D eigenvalue weighted by atomic mass is 32.2. The Morgan fingerprint density at radius 3 is 0.915 bits per heavy atom. The zero-order valence-corrected chi connectivity index (χ0v) is 40.3. The Kier molecular flexibility index (Phi) is 15.9. The molecule has 0 heterocycles. The van der Waals surface area contributed by atoms with E-state index in [1.807, 2.05) is 58.0 Å². The van der Waals surface area contributed by atoms with Crippen LogP contribution >= 0.6 is 18.5 Å². The summed E-state index contributed by atoms with van der Waals surface area (Å²) < 4.78 is 150. The van der Waals surface area contributed by atoms with Crippen LogP contribution in [-0.2, 0) is 40.5 Å². The highest BCUT2D eigenvalue weighted by Gasteiger charge is 2.61. The molecule has 59 heavy (non-hydrogen) atoms. The van der Waals surface area contributed by atoms with E-state index in [-0.39, 0.29) is 98.7 Å². The molecule has 1 aromatic carbocycles. The summed E-state index contributed by atoms with van der Waals surface area (Å²) in [5, 5.41) is -6.30. The molecule has 0 aliphatic heterocycles. The van der Waals surface area contributed by atoms with Gasteiger partial charge in [-0.15, -0.1) is 18.5 Å². The molecule has 13 nitrogen and oxygen atoms in total. The first-order valence-corrected chi connectivity index (χ1v) is 28.6. The van der Waals surface area contributed by atoms with Gasteiger partial charge in [0.2, 0.25) is 0 Å². The molecule has 19 heteroatoms. The number of hydrogen-bond donors (Lipinski definition) is 0. The maximum absolute atomic E-state index is 12.5. The van der Waals surface area contributed by atoms with Crippen LogP contribution in [0.15, 0.2) is 30.3 Å². The monoisotopic (exact) mass is 941 g/mol. The Hall–Kier alpha value is -0.480. The van der Waals surface area contributed by atoms with Crippen LogP contribution in [0.3, 0.4) is 0 Å². The Morgan fingerprint density at radius 1 is 0.492 bits per heavy atom. The van der Waals surface area contributed by atoms with E-state index in [0.29, 0.717) is 51.4 Å². The lowest BCUT2D eigenvalue weighted by Gasteiger charge is -2.65. The number of para-hydroxylation sites is 1. The van der Waals surface area contributed by atoms with Crippen molar-refractivity contribution in [2.45, 2.75) is 162 Å². The Labute approximate surface area is 359 Å². The third-order valence-corrected chi connectivity index (χ3v) is 22.7. The van der Waals surface area contributed by atoms with Crippen molar-refractivity contribution in [2.75, 3.05) is 4.90 Å². The lowest BCUT2D eigenvalue weighted by atomic mass is 9.65. The van der Waals surface area contributed by atoms with Crippen molar-refractivity contribution in [1.29, 1.82) is 0 Å². The predicted octanol–water partition coefficient (Wildman–Crippen LogP) is 6.60. The molecule has 0 radical (unpaired) electrons. The maximum atomic E-state index is 12.5. The first-order valence-electron chi connectivity index (χ1n) is 21.6. The summed E-state index contributed by atoms with van der Waals surface area (Å²) in [6.45, 7) is 8.16. The van der Waals surface area contributed by atoms with E-state index in [0.717, 1.165) is 5.69 Å². The van der Waals surface area contributed by atoms with E-state index >= 15 is 0 Å². The first-order chi connectivity index (χ1) is 27.4. The van der Waals surface area contributed by atoms with Crippen LogP contribution in [-0.4, -0.2) is 83.4 Å². The molecule has 4 aliphatic rings. The normalized spacial score (nSPS) is 32.6. The minimum absolute atomic E-state index is 0.150. The van der Waals surface area contributed by atoms with E-state index in [4.69, 9.17) is 0 Å². The zero-order chi connectivity index (χ0) is 43.9. The average molecular weight is 942 g/mol. The van der Waals surface area contributed by atoms with E-state index in [9.17, 15) is 51.9 Å². The van der Waals surface area contributed by atoms with Gasteiger partial charge >= 0.3 is 0 Å². The Balaban J connectivity index is 1.84. The van der Waals surface area contributed by atoms with Crippen LogP contribution in [0.5, 0.6) is 0 Å². The van der Waals surface area contributed by atoms with Gasteiger partial charge in [-0.2, -0.15) is 0 Å². The number of nitrogens with zero attached hydrogens (tertiary/aromatic N) is 1. The fourth-order valence-electron chi connectivity index (χ4n) is 13.1. The van der Waals surface area contributed by atoms with Gasteiger partial charge in [-0.1, -0.05) is 71.6 Å². The lowest BCUT2D eigenvalue weighted by Crippen LogP contribution is -2.69. The van der Waals surface area contributed by atoms with Crippen LogP contribution in [0, 0.1) is 47.3 Å². The van der Waals surface area contributed by atoms with Gasteiger partial charge < -0.3 is 23.1 Å². The van der Waals surface area contributed by atoms with Crippen molar-refractivity contribution in [2.24, 2.45) is 47.3 Å². The number of rotatable bonds is 19. The number of anilines is 1. The third-order valence-electron chi connectivity index (χ3n) is 15.5. The Morgan fingerprint density at radius 2 is 0.729 bits per heavy atom. The largest absolute Gasteiger partial charge is 0.748 e. The molecule has 0 amide bonds. The fourth-order valence-corrected chi connectivity index (χ4v) is 19.7. The van der Waals surface area contributed by atoms with E-state index in [2.05, 4.69) is 23.4 Å². The molecule has 0 N–H and O–H groups in total. The van der Waals surface area contributed by atoms with Crippen LogP contribution in [0.25, 0.3) is 0 Å². The number of hydrogen-bond acceptors (Lipinski definition) is 13. The van der Waals surface area contributed by atoms with Crippen molar-refractivity contribution in [1.82, 2.24) is 0 Å². The summed E-state index contributed by atoms with van der Waals surface area (Å²) in [6.07, 6.45) is 5.48. The fraction of sp³-hybridized carbons (Fsp3) is 0.850. The van der Waals surface area contributed by atoms with Crippen molar-refractivity contribution < 1.29 is 51.9 Å². The molecule has 5 rings (SSSR count). The maximum Gasteiger partial charge on any atom is 0.0975 e. The van der Waals surface area contributed by atoms with Gasteiger partial charge in [0.25, 0.3) is 0 Å². The van der Waals surface area contributed by atoms with Crippen molar-refractivity contribution in [3.8, 4) is 0 Å². The van der Waals surface area contributed by atoms with Gasteiger partial charge in [-0.25, -0.2) is 33.7 Å². The lowest BCUT2D eigenvalue weighted by molar-refractivity contribution is 0.0700. The summed E-state index contributed by atoms with van der Waals surface area (Å²) >= 11 is 0. The predicted molar refractivity (Wildman–Crippen MR) is 232 cm³/mol. The van der Waals surface area contributed by atoms with Crippen LogP contribution in [0.4, 0.5) is 5.69 Å². The zero-order valence-electron chi connectivity index (χ0n) is 34.8. The van der Waals surface area contributed by atoms with Crippen LogP contribution in [0.1, 0.15) is 130 Å². The summed E-state index contributed by atoms with van der Waals surface area (Å²) in [5.74, 6) is -2.21. The third kappa shape index (κ3) is 10.3. The molecule has 0 saturated heterocycles. The molecule has 14 atom stereocenters. The molecule has 1 aromatic rings. The average Bonchev–Trinajstić information content (AvgIpc) is 3.97. The van der Waals surface area contributed by atoms with E-state index < -0.39 is 72.0 Å². The van der Waals surface area contributed by atoms with Gasteiger partial charge in [0, 0.05) is 26.7 Å². The van der Waals surface area contributed by atoms with Crippen LogP contribution < -0.4 is 4.90 Å². The quantitative estimate of drug-likeness (QED) is 0.105. The molecule has 4 fully saturated rings. The first kappa shape index (κ1) is 49.5. The molecule has 4 aliphatic carbocycles. The Bertz CT molecular complexity index is 1800. The molecule has 340 valence electrons. The number of benzene rings is 1. The molecule has 14 unspecified atom stereocenters. The summed E-state index contributed by atoms with van der Waals surface area (Å²) in [6, 6.07) is 9.71. The topological polar surface area (TPSA) is 232 Å². The van der Waals surface area contributed by atoms with Gasteiger partial charge in [-0.3, -0.25) is 0 Å². The molecule has 0 bridgehead atoms.